The van der Waals surface area contributed by atoms with Crippen LogP contribution in [0, 0.1) is 11.7 Å². The third-order valence-electron chi connectivity index (χ3n) is 4.49. The summed E-state index contributed by atoms with van der Waals surface area (Å²) in [7, 11) is 0. The molecule has 1 saturated heterocycles. The molecule has 1 aliphatic rings. The summed E-state index contributed by atoms with van der Waals surface area (Å²) < 4.78 is 18.6. The molecule has 2 aromatic rings. The van der Waals surface area contributed by atoms with Gasteiger partial charge >= 0.3 is 0 Å². The van der Waals surface area contributed by atoms with E-state index in [9.17, 15) is 14.0 Å². The van der Waals surface area contributed by atoms with Crippen LogP contribution in [0.1, 0.15) is 30.3 Å². The van der Waals surface area contributed by atoms with E-state index in [4.69, 9.17) is 10.2 Å². The van der Waals surface area contributed by atoms with Crippen LogP contribution in [0.2, 0.25) is 0 Å². The summed E-state index contributed by atoms with van der Waals surface area (Å²) in [6.07, 6.45) is 1.42. The predicted molar refractivity (Wildman–Crippen MR) is 86.5 cm³/mol. The standard InChI is InChI=1S/C18H19FN2O3/c1-11-2-3-13(17(20)22)10-21(11)18(23)16-9-8-15(24-16)12-4-6-14(19)7-5-12/h4-9,11,13H,2-3,10H2,1H3,(H2,20,22). The number of piperidine rings is 1. The summed E-state index contributed by atoms with van der Waals surface area (Å²) in [5.74, 6) is -0.605. The highest BCUT2D eigenvalue weighted by atomic mass is 19.1. The number of hydrogen-bond donors (Lipinski definition) is 1. The van der Waals surface area contributed by atoms with E-state index < -0.39 is 0 Å². The van der Waals surface area contributed by atoms with Crippen LogP contribution in [-0.4, -0.2) is 29.3 Å². The molecule has 0 aliphatic carbocycles. The van der Waals surface area contributed by atoms with Crippen LogP contribution in [0.3, 0.4) is 0 Å². The zero-order valence-electron chi connectivity index (χ0n) is 13.4. The van der Waals surface area contributed by atoms with Crippen LogP contribution in [0.25, 0.3) is 11.3 Å². The Labute approximate surface area is 139 Å². The van der Waals surface area contributed by atoms with Gasteiger partial charge in [0.2, 0.25) is 5.91 Å². The minimum absolute atomic E-state index is 0.0208. The Morgan fingerprint density at radius 2 is 1.88 bits per heavy atom. The van der Waals surface area contributed by atoms with E-state index >= 15 is 0 Å². The third-order valence-corrected chi connectivity index (χ3v) is 4.49. The van der Waals surface area contributed by atoms with Crippen molar-refractivity contribution in [3.63, 3.8) is 0 Å². The maximum Gasteiger partial charge on any atom is 0.289 e. The fraction of sp³-hybridized carbons (Fsp3) is 0.333. The molecule has 5 nitrogen and oxygen atoms in total. The molecular formula is C18H19FN2O3. The van der Waals surface area contributed by atoms with Crippen molar-refractivity contribution in [2.75, 3.05) is 6.54 Å². The summed E-state index contributed by atoms with van der Waals surface area (Å²) in [5.41, 5.74) is 6.07. The number of carbonyl (C=O) groups excluding carboxylic acids is 2. The Morgan fingerprint density at radius 3 is 2.54 bits per heavy atom. The Hall–Kier alpha value is -2.63. The lowest BCUT2D eigenvalue weighted by Crippen LogP contribution is -2.48. The number of furan rings is 1. The van der Waals surface area contributed by atoms with E-state index in [1.165, 1.54) is 12.1 Å². The van der Waals surface area contributed by atoms with Crippen molar-refractivity contribution in [2.45, 2.75) is 25.8 Å². The smallest absolute Gasteiger partial charge is 0.289 e. The van der Waals surface area contributed by atoms with Crippen molar-refractivity contribution in [2.24, 2.45) is 11.7 Å². The highest BCUT2D eigenvalue weighted by Gasteiger charge is 2.33. The Kier molecular flexibility index (Phi) is 4.38. The molecule has 1 fully saturated rings. The number of amides is 2. The van der Waals surface area contributed by atoms with Gasteiger partial charge in [0.1, 0.15) is 11.6 Å². The van der Waals surface area contributed by atoms with Crippen molar-refractivity contribution < 1.29 is 18.4 Å². The molecule has 0 bridgehead atoms. The summed E-state index contributed by atoms with van der Waals surface area (Å²) in [4.78, 5) is 25.7. The number of nitrogens with zero attached hydrogens (tertiary/aromatic N) is 1. The van der Waals surface area contributed by atoms with Gasteiger partial charge in [-0.15, -0.1) is 0 Å². The molecule has 24 heavy (non-hydrogen) atoms. The van der Waals surface area contributed by atoms with Gasteiger partial charge in [0.05, 0.1) is 5.92 Å². The van der Waals surface area contributed by atoms with Gasteiger partial charge in [-0.3, -0.25) is 9.59 Å². The van der Waals surface area contributed by atoms with E-state index in [0.29, 0.717) is 24.3 Å². The number of primary amides is 1. The average Bonchev–Trinajstić information content (AvgIpc) is 3.05. The van der Waals surface area contributed by atoms with Crippen molar-refractivity contribution >= 4 is 11.8 Å². The monoisotopic (exact) mass is 330 g/mol. The Balaban J connectivity index is 1.80. The first-order valence-electron chi connectivity index (χ1n) is 7.92. The Bertz CT molecular complexity index is 754. The lowest BCUT2D eigenvalue weighted by Gasteiger charge is -2.36. The van der Waals surface area contributed by atoms with E-state index in [1.54, 1.807) is 29.2 Å². The fourth-order valence-corrected chi connectivity index (χ4v) is 2.99. The molecule has 126 valence electrons. The first-order valence-corrected chi connectivity index (χ1v) is 7.92. The summed E-state index contributed by atoms with van der Waals surface area (Å²) in [5, 5.41) is 0. The van der Waals surface area contributed by atoms with Crippen molar-refractivity contribution in [1.82, 2.24) is 4.90 Å². The van der Waals surface area contributed by atoms with E-state index in [1.807, 2.05) is 6.92 Å². The molecule has 0 saturated carbocycles. The average molecular weight is 330 g/mol. The van der Waals surface area contributed by atoms with Gasteiger partial charge in [-0.25, -0.2) is 4.39 Å². The molecule has 2 N–H and O–H groups in total. The molecule has 2 atom stereocenters. The van der Waals surface area contributed by atoms with Crippen LogP contribution in [0.15, 0.2) is 40.8 Å². The summed E-state index contributed by atoms with van der Waals surface area (Å²) in [6.45, 7) is 2.25. The van der Waals surface area contributed by atoms with Gasteiger partial charge in [-0.1, -0.05) is 0 Å². The van der Waals surface area contributed by atoms with Crippen LogP contribution < -0.4 is 5.73 Å². The second-order valence-electron chi connectivity index (χ2n) is 6.15. The van der Waals surface area contributed by atoms with Crippen molar-refractivity contribution in [3.05, 3.63) is 48.0 Å². The molecule has 1 aromatic heterocycles. The van der Waals surface area contributed by atoms with Gasteiger partial charge in [0.25, 0.3) is 5.91 Å². The molecular weight excluding hydrogens is 311 g/mol. The van der Waals surface area contributed by atoms with Gasteiger partial charge in [-0.2, -0.15) is 0 Å². The zero-order valence-corrected chi connectivity index (χ0v) is 13.4. The third kappa shape index (κ3) is 3.18. The second kappa shape index (κ2) is 6.47. The Morgan fingerprint density at radius 1 is 1.17 bits per heavy atom. The number of benzene rings is 1. The van der Waals surface area contributed by atoms with E-state index in [0.717, 1.165) is 6.42 Å². The van der Waals surface area contributed by atoms with Crippen molar-refractivity contribution in [3.8, 4) is 11.3 Å². The van der Waals surface area contributed by atoms with E-state index in [-0.39, 0.29) is 35.4 Å². The molecule has 6 heteroatoms. The molecule has 0 radical (unpaired) electrons. The molecule has 2 unspecified atom stereocenters. The summed E-state index contributed by atoms with van der Waals surface area (Å²) in [6, 6.07) is 9.16. The minimum Gasteiger partial charge on any atom is -0.451 e. The van der Waals surface area contributed by atoms with Crippen LogP contribution in [-0.2, 0) is 4.79 Å². The van der Waals surface area contributed by atoms with Gasteiger partial charge in [0, 0.05) is 18.2 Å². The second-order valence-corrected chi connectivity index (χ2v) is 6.15. The number of carbonyl (C=O) groups is 2. The largest absolute Gasteiger partial charge is 0.451 e. The zero-order chi connectivity index (χ0) is 17.3. The number of hydrogen-bond acceptors (Lipinski definition) is 3. The molecule has 2 amide bonds. The highest BCUT2D eigenvalue weighted by Crippen LogP contribution is 2.27. The normalized spacial score (nSPS) is 20.8. The van der Waals surface area contributed by atoms with E-state index in [2.05, 4.69) is 0 Å². The highest BCUT2D eigenvalue weighted by molar-refractivity contribution is 5.93. The molecule has 0 spiro atoms. The number of rotatable bonds is 3. The maximum atomic E-state index is 13.0. The lowest BCUT2D eigenvalue weighted by atomic mass is 9.93. The van der Waals surface area contributed by atoms with Gasteiger partial charge < -0.3 is 15.1 Å². The SMILES string of the molecule is CC1CCC(C(N)=O)CN1C(=O)c1ccc(-c2ccc(F)cc2)o1. The first-order chi connectivity index (χ1) is 11.5. The first kappa shape index (κ1) is 16.2. The number of halogens is 1. The minimum atomic E-state index is -0.383. The van der Waals surface area contributed by atoms with Crippen LogP contribution in [0.5, 0.6) is 0 Å². The number of likely N-dealkylation sites (tertiary alicyclic amines) is 1. The van der Waals surface area contributed by atoms with Gasteiger partial charge in [-0.05, 0) is 56.2 Å². The molecule has 2 heterocycles. The lowest BCUT2D eigenvalue weighted by molar-refractivity contribution is -0.123. The summed E-state index contributed by atoms with van der Waals surface area (Å²) >= 11 is 0. The quantitative estimate of drug-likeness (QED) is 0.940. The van der Waals surface area contributed by atoms with Crippen LogP contribution >= 0.6 is 0 Å². The maximum absolute atomic E-state index is 13.0. The topological polar surface area (TPSA) is 76.5 Å². The fourth-order valence-electron chi connectivity index (χ4n) is 2.99. The van der Waals surface area contributed by atoms with Gasteiger partial charge in [0.15, 0.2) is 5.76 Å². The number of nitrogens with two attached hydrogens (primary N) is 1. The molecule has 1 aromatic carbocycles. The predicted octanol–water partition coefficient (Wildman–Crippen LogP) is 2.81. The molecule has 3 rings (SSSR count). The van der Waals surface area contributed by atoms with Crippen LogP contribution in [0.4, 0.5) is 4.39 Å². The van der Waals surface area contributed by atoms with Crippen molar-refractivity contribution in [1.29, 1.82) is 0 Å². The molecule has 1 aliphatic heterocycles.